The molecule has 0 aromatic heterocycles. The second-order valence-corrected chi connectivity index (χ2v) is 7.34. The Morgan fingerprint density at radius 2 is 1.82 bits per heavy atom. The maximum Gasteiger partial charge on any atom is 0.273 e. The Hall–Kier alpha value is -1.75. The lowest BCUT2D eigenvalue weighted by Crippen LogP contribution is -2.15. The number of nitrogens with one attached hydrogen (secondary N) is 1. The molecule has 22 heavy (non-hydrogen) atoms. The molecular weight excluding hydrogens is 426 g/mol. The number of aryl methyl sites for hydroxylation is 1. The van der Waals surface area contributed by atoms with E-state index in [9.17, 15) is 22.9 Å². The summed E-state index contributed by atoms with van der Waals surface area (Å²) in [5.74, 6) is -1.04. The van der Waals surface area contributed by atoms with Crippen LogP contribution in [0.15, 0.2) is 41.3 Å². The van der Waals surface area contributed by atoms with Crippen LogP contribution >= 0.6 is 22.6 Å². The summed E-state index contributed by atoms with van der Waals surface area (Å²) in [6.07, 6.45) is 0. The second-order valence-electron chi connectivity index (χ2n) is 4.44. The number of rotatable bonds is 4. The molecular formula is C13H10FIN2O4S. The molecule has 0 saturated heterocycles. The normalized spacial score (nSPS) is 11.2. The smallest absolute Gasteiger partial charge is 0.273 e. The molecule has 0 saturated carbocycles. The average Bonchev–Trinajstić information content (AvgIpc) is 2.40. The van der Waals surface area contributed by atoms with E-state index in [0.29, 0.717) is 0 Å². The van der Waals surface area contributed by atoms with Gasteiger partial charge in [0.2, 0.25) is 0 Å². The van der Waals surface area contributed by atoms with E-state index in [1.54, 1.807) is 12.1 Å². The molecule has 0 aliphatic carbocycles. The van der Waals surface area contributed by atoms with Crippen LogP contribution in [-0.4, -0.2) is 13.3 Å². The first-order valence-electron chi connectivity index (χ1n) is 5.93. The Kier molecular flexibility index (Phi) is 4.66. The SMILES string of the molecule is Cc1cc(F)c(S(=O)(=O)Nc2ccc(I)cc2)cc1[N+](=O)[O-]. The predicted octanol–water partition coefficient (Wildman–Crippen LogP) is 3.45. The summed E-state index contributed by atoms with van der Waals surface area (Å²) >= 11 is 2.05. The van der Waals surface area contributed by atoms with Crippen molar-refractivity contribution < 1.29 is 17.7 Å². The summed E-state index contributed by atoms with van der Waals surface area (Å²) in [5, 5.41) is 10.9. The highest BCUT2D eigenvalue weighted by molar-refractivity contribution is 14.1. The van der Waals surface area contributed by atoms with Crippen LogP contribution in [0.4, 0.5) is 15.8 Å². The second kappa shape index (κ2) is 6.16. The zero-order valence-corrected chi connectivity index (χ0v) is 14.2. The summed E-state index contributed by atoms with van der Waals surface area (Å²) in [7, 11) is -4.26. The van der Waals surface area contributed by atoms with Crippen LogP contribution in [0, 0.1) is 26.4 Å². The maximum absolute atomic E-state index is 13.9. The zero-order chi connectivity index (χ0) is 16.5. The van der Waals surface area contributed by atoms with Gasteiger partial charge in [0.25, 0.3) is 15.7 Å². The van der Waals surface area contributed by atoms with E-state index in [4.69, 9.17) is 0 Å². The van der Waals surface area contributed by atoms with Crippen molar-refractivity contribution in [3.63, 3.8) is 0 Å². The molecule has 2 aromatic carbocycles. The van der Waals surface area contributed by atoms with Crippen LogP contribution in [0.5, 0.6) is 0 Å². The third-order valence-corrected chi connectivity index (χ3v) is 4.95. The van der Waals surface area contributed by atoms with Gasteiger partial charge in [-0.3, -0.25) is 14.8 Å². The predicted molar refractivity (Wildman–Crippen MR) is 87.8 cm³/mol. The highest BCUT2D eigenvalue weighted by Gasteiger charge is 2.24. The van der Waals surface area contributed by atoms with Crippen molar-refractivity contribution >= 4 is 44.0 Å². The maximum atomic E-state index is 13.9. The van der Waals surface area contributed by atoms with Crippen molar-refractivity contribution in [1.29, 1.82) is 0 Å². The molecule has 0 spiro atoms. The number of anilines is 1. The van der Waals surface area contributed by atoms with E-state index in [1.165, 1.54) is 19.1 Å². The summed E-state index contributed by atoms with van der Waals surface area (Å²) in [6, 6.07) is 7.93. The summed E-state index contributed by atoms with van der Waals surface area (Å²) in [4.78, 5) is 9.36. The van der Waals surface area contributed by atoms with E-state index in [-0.39, 0.29) is 11.3 Å². The first-order valence-corrected chi connectivity index (χ1v) is 8.50. The molecule has 6 nitrogen and oxygen atoms in total. The van der Waals surface area contributed by atoms with E-state index in [1.807, 2.05) is 0 Å². The van der Waals surface area contributed by atoms with Gasteiger partial charge in [0.1, 0.15) is 10.7 Å². The van der Waals surface area contributed by atoms with Gasteiger partial charge in [-0.1, -0.05) is 0 Å². The molecule has 0 aliphatic rings. The van der Waals surface area contributed by atoms with Gasteiger partial charge in [-0.2, -0.15) is 0 Å². The van der Waals surface area contributed by atoms with Gasteiger partial charge in [-0.25, -0.2) is 12.8 Å². The van der Waals surface area contributed by atoms with Crippen LogP contribution in [0.2, 0.25) is 0 Å². The summed E-state index contributed by atoms with van der Waals surface area (Å²) in [6.45, 7) is 1.34. The van der Waals surface area contributed by atoms with Crippen LogP contribution < -0.4 is 4.72 Å². The van der Waals surface area contributed by atoms with Crippen LogP contribution in [-0.2, 0) is 10.0 Å². The van der Waals surface area contributed by atoms with Gasteiger partial charge in [0.05, 0.1) is 4.92 Å². The Morgan fingerprint density at radius 3 is 2.36 bits per heavy atom. The van der Waals surface area contributed by atoms with Gasteiger partial charge >= 0.3 is 0 Å². The van der Waals surface area contributed by atoms with Crippen molar-refractivity contribution in [2.75, 3.05) is 4.72 Å². The third-order valence-electron chi connectivity index (χ3n) is 2.83. The highest BCUT2D eigenvalue weighted by atomic mass is 127. The van der Waals surface area contributed by atoms with E-state index >= 15 is 0 Å². The number of nitro groups is 1. The third kappa shape index (κ3) is 3.53. The largest absolute Gasteiger partial charge is 0.280 e. The number of sulfonamides is 1. The molecule has 0 fully saturated rings. The number of benzene rings is 2. The first kappa shape index (κ1) is 16.6. The quantitative estimate of drug-likeness (QED) is 0.452. The molecule has 0 radical (unpaired) electrons. The van der Waals surface area contributed by atoms with E-state index < -0.39 is 31.3 Å². The Bertz CT molecular complexity index is 838. The minimum Gasteiger partial charge on any atom is -0.280 e. The lowest BCUT2D eigenvalue weighted by atomic mass is 10.2. The van der Waals surface area contributed by atoms with Crippen LogP contribution in [0.3, 0.4) is 0 Å². The minimum absolute atomic E-state index is 0.0516. The first-order chi connectivity index (χ1) is 10.2. The Morgan fingerprint density at radius 1 is 1.23 bits per heavy atom. The van der Waals surface area contributed by atoms with Gasteiger partial charge in [-0.15, -0.1) is 0 Å². The zero-order valence-electron chi connectivity index (χ0n) is 11.2. The van der Waals surface area contributed by atoms with E-state index in [2.05, 4.69) is 27.3 Å². The molecule has 0 bridgehead atoms. The van der Waals surface area contributed by atoms with Crippen molar-refractivity contribution in [3.8, 4) is 0 Å². The molecule has 0 amide bonds. The molecule has 0 heterocycles. The van der Waals surface area contributed by atoms with Gasteiger partial charge < -0.3 is 0 Å². The summed E-state index contributed by atoms with van der Waals surface area (Å²) in [5.41, 5.74) is -0.164. The van der Waals surface area contributed by atoms with Crippen LogP contribution in [0.1, 0.15) is 5.56 Å². The molecule has 2 rings (SSSR count). The fraction of sp³-hybridized carbons (Fsp3) is 0.0769. The number of nitrogens with zero attached hydrogens (tertiary/aromatic N) is 1. The average molecular weight is 436 g/mol. The Balaban J connectivity index is 2.47. The van der Waals surface area contributed by atoms with Crippen molar-refractivity contribution in [2.24, 2.45) is 0 Å². The molecule has 1 N–H and O–H groups in total. The minimum atomic E-state index is -4.26. The fourth-order valence-electron chi connectivity index (χ4n) is 1.77. The number of nitro benzene ring substituents is 1. The van der Waals surface area contributed by atoms with Crippen molar-refractivity contribution in [1.82, 2.24) is 0 Å². The lowest BCUT2D eigenvalue weighted by Gasteiger charge is -2.09. The Labute approximate surface area is 139 Å². The number of halogens is 2. The van der Waals surface area contributed by atoms with Gasteiger partial charge in [0, 0.05) is 20.9 Å². The van der Waals surface area contributed by atoms with Gasteiger partial charge in [0.15, 0.2) is 0 Å². The number of hydrogen-bond donors (Lipinski definition) is 1. The lowest BCUT2D eigenvalue weighted by molar-refractivity contribution is -0.385. The fourth-order valence-corrected chi connectivity index (χ4v) is 3.27. The molecule has 2 aromatic rings. The molecule has 116 valence electrons. The van der Waals surface area contributed by atoms with Crippen LogP contribution in [0.25, 0.3) is 0 Å². The monoisotopic (exact) mass is 436 g/mol. The van der Waals surface area contributed by atoms with Crippen molar-refractivity contribution in [2.45, 2.75) is 11.8 Å². The molecule has 0 atom stereocenters. The molecule has 9 heteroatoms. The summed E-state index contributed by atoms with van der Waals surface area (Å²) < 4.78 is 41.4. The number of hydrogen-bond acceptors (Lipinski definition) is 4. The standard InChI is InChI=1S/C13H10FIN2O4S/c1-8-6-11(14)13(7-12(8)17(18)19)22(20,21)16-10-4-2-9(15)3-5-10/h2-7,16H,1H3. The van der Waals surface area contributed by atoms with Gasteiger partial charge in [-0.05, 0) is 59.8 Å². The van der Waals surface area contributed by atoms with Crippen molar-refractivity contribution in [3.05, 3.63) is 61.5 Å². The molecule has 0 aliphatic heterocycles. The topological polar surface area (TPSA) is 89.3 Å². The highest BCUT2D eigenvalue weighted by Crippen LogP contribution is 2.27. The molecule has 0 unspecified atom stereocenters. The van der Waals surface area contributed by atoms with E-state index in [0.717, 1.165) is 15.7 Å².